The number of halogens is 1. The molecule has 0 radical (unpaired) electrons. The Morgan fingerprint density at radius 1 is 1.25 bits per heavy atom. The lowest BCUT2D eigenvalue weighted by atomic mass is 10.0. The van der Waals surface area contributed by atoms with E-state index >= 15 is 0 Å². The molecule has 0 saturated carbocycles. The minimum absolute atomic E-state index is 0.0890. The van der Waals surface area contributed by atoms with Crippen LogP contribution in [0, 0.1) is 20.8 Å². The molecule has 0 aliphatic carbocycles. The molecular formula is C14H20ClNO3S. The van der Waals surface area contributed by atoms with Gasteiger partial charge in [-0.3, -0.25) is 9.10 Å². The lowest BCUT2D eigenvalue weighted by Crippen LogP contribution is -2.43. The van der Waals surface area contributed by atoms with Gasteiger partial charge in [0.1, 0.15) is 6.04 Å². The number of aryl methyl sites for hydroxylation is 3. The molecule has 6 heteroatoms. The number of hydrogen-bond acceptors (Lipinski definition) is 3. The summed E-state index contributed by atoms with van der Waals surface area (Å²) in [5, 5.41) is -0.693. The Morgan fingerprint density at radius 2 is 1.70 bits per heavy atom. The van der Waals surface area contributed by atoms with E-state index in [2.05, 4.69) is 0 Å². The molecule has 0 aliphatic rings. The molecule has 1 aromatic rings. The van der Waals surface area contributed by atoms with E-state index in [1.54, 1.807) is 6.92 Å². The van der Waals surface area contributed by atoms with Crippen LogP contribution in [0.3, 0.4) is 0 Å². The van der Waals surface area contributed by atoms with E-state index in [9.17, 15) is 13.2 Å². The van der Waals surface area contributed by atoms with E-state index in [1.807, 2.05) is 32.9 Å². The van der Waals surface area contributed by atoms with Crippen LogP contribution in [0.1, 0.15) is 30.5 Å². The van der Waals surface area contributed by atoms with Crippen LogP contribution in [0.4, 0.5) is 5.69 Å². The number of carbonyl (C=O) groups excluding carboxylic acids is 1. The van der Waals surface area contributed by atoms with Crippen LogP contribution in [0.25, 0.3) is 0 Å². The SMILES string of the molecule is CCS(=O)(=O)N(c1c(C)cc(C)cc1C)C(C)C(=O)Cl. The van der Waals surface area contributed by atoms with E-state index in [4.69, 9.17) is 11.6 Å². The van der Waals surface area contributed by atoms with Crippen molar-refractivity contribution in [2.45, 2.75) is 40.7 Å². The number of sulfonamides is 1. The summed E-state index contributed by atoms with van der Waals surface area (Å²) in [5.41, 5.74) is 3.20. The van der Waals surface area contributed by atoms with Gasteiger partial charge in [0.2, 0.25) is 15.3 Å². The third kappa shape index (κ3) is 3.33. The second-order valence-corrected chi connectivity index (χ2v) is 7.43. The standard InChI is InChI=1S/C14H20ClNO3S/c1-6-20(18,19)16(12(5)14(15)17)13-10(3)7-9(2)8-11(13)4/h7-8,12H,6H2,1-5H3. The first-order chi connectivity index (χ1) is 9.11. The molecule has 0 heterocycles. The fourth-order valence-electron chi connectivity index (χ4n) is 2.32. The summed E-state index contributed by atoms with van der Waals surface area (Å²) in [5.74, 6) is -0.0890. The average Bonchev–Trinajstić information content (AvgIpc) is 2.32. The number of rotatable bonds is 5. The topological polar surface area (TPSA) is 54.5 Å². The Bertz CT molecular complexity index is 602. The van der Waals surface area contributed by atoms with Crippen molar-refractivity contribution in [3.05, 3.63) is 28.8 Å². The number of benzene rings is 1. The number of hydrogen-bond donors (Lipinski definition) is 0. The van der Waals surface area contributed by atoms with Crippen LogP contribution in [0.15, 0.2) is 12.1 Å². The minimum atomic E-state index is -3.59. The van der Waals surface area contributed by atoms with Crippen molar-refractivity contribution >= 4 is 32.6 Å². The third-order valence-corrected chi connectivity index (χ3v) is 5.34. The van der Waals surface area contributed by atoms with Crippen molar-refractivity contribution in [3.8, 4) is 0 Å². The molecule has 0 aliphatic heterocycles. The van der Waals surface area contributed by atoms with Crippen LogP contribution in [-0.2, 0) is 14.8 Å². The Hall–Kier alpha value is -1.07. The van der Waals surface area contributed by atoms with Gasteiger partial charge in [-0.25, -0.2) is 8.42 Å². The van der Waals surface area contributed by atoms with Crippen LogP contribution in [0.2, 0.25) is 0 Å². The van der Waals surface area contributed by atoms with Gasteiger partial charge in [0, 0.05) is 0 Å². The predicted molar refractivity (Wildman–Crippen MR) is 82.9 cm³/mol. The summed E-state index contributed by atoms with van der Waals surface area (Å²) >= 11 is 5.53. The molecule has 1 unspecified atom stereocenters. The van der Waals surface area contributed by atoms with Crippen molar-refractivity contribution < 1.29 is 13.2 Å². The molecule has 1 rings (SSSR count). The largest absolute Gasteiger partial charge is 0.279 e. The van der Waals surface area contributed by atoms with Crippen LogP contribution in [-0.4, -0.2) is 25.5 Å². The summed E-state index contributed by atoms with van der Waals surface area (Å²) in [7, 11) is -3.59. The van der Waals surface area contributed by atoms with Crippen LogP contribution >= 0.6 is 11.6 Å². The zero-order valence-corrected chi connectivity index (χ0v) is 14.0. The fraction of sp³-hybridized carbons (Fsp3) is 0.500. The Kier molecular flexibility index (Phi) is 5.21. The molecule has 0 spiro atoms. The molecule has 1 aromatic carbocycles. The highest BCUT2D eigenvalue weighted by Crippen LogP contribution is 2.31. The molecule has 0 amide bonds. The molecule has 0 N–H and O–H groups in total. The molecule has 112 valence electrons. The molecule has 0 saturated heterocycles. The first-order valence-corrected chi connectivity index (χ1v) is 8.39. The zero-order valence-electron chi connectivity index (χ0n) is 12.4. The van der Waals surface area contributed by atoms with Gasteiger partial charge in [-0.05, 0) is 57.3 Å². The van der Waals surface area contributed by atoms with Gasteiger partial charge < -0.3 is 0 Å². The van der Waals surface area contributed by atoms with Crippen molar-refractivity contribution in [3.63, 3.8) is 0 Å². The second kappa shape index (κ2) is 6.14. The minimum Gasteiger partial charge on any atom is -0.279 e. The molecular weight excluding hydrogens is 298 g/mol. The van der Waals surface area contributed by atoms with E-state index < -0.39 is 21.3 Å². The first kappa shape index (κ1) is 17.0. The Balaban J connectivity index is 3.59. The van der Waals surface area contributed by atoms with Gasteiger partial charge in [-0.1, -0.05) is 17.7 Å². The lowest BCUT2D eigenvalue weighted by Gasteiger charge is -2.30. The predicted octanol–water partition coefficient (Wildman–Crippen LogP) is 2.92. The Labute approximate surface area is 125 Å². The normalized spacial score (nSPS) is 13.1. The van der Waals surface area contributed by atoms with E-state index in [1.165, 1.54) is 6.92 Å². The van der Waals surface area contributed by atoms with Crippen LogP contribution < -0.4 is 4.31 Å². The summed E-state index contributed by atoms with van der Waals surface area (Å²) in [6, 6.07) is 2.86. The summed E-state index contributed by atoms with van der Waals surface area (Å²) in [6.07, 6.45) is 0. The fourth-order valence-corrected chi connectivity index (χ4v) is 3.90. The third-order valence-electron chi connectivity index (χ3n) is 3.20. The van der Waals surface area contributed by atoms with Crippen molar-refractivity contribution in [2.24, 2.45) is 0 Å². The van der Waals surface area contributed by atoms with Crippen LogP contribution in [0.5, 0.6) is 0 Å². The highest BCUT2D eigenvalue weighted by molar-refractivity contribution is 7.92. The van der Waals surface area contributed by atoms with Crippen molar-refractivity contribution in [1.29, 1.82) is 0 Å². The second-order valence-electron chi connectivity index (χ2n) is 4.92. The number of carbonyl (C=O) groups is 1. The summed E-state index contributed by atoms with van der Waals surface area (Å²) in [4.78, 5) is 11.5. The Morgan fingerprint density at radius 3 is 2.05 bits per heavy atom. The quantitative estimate of drug-likeness (QED) is 0.785. The molecule has 4 nitrogen and oxygen atoms in total. The summed E-state index contributed by atoms with van der Waals surface area (Å²) in [6.45, 7) is 8.66. The van der Waals surface area contributed by atoms with Gasteiger partial charge in [0.05, 0.1) is 11.4 Å². The van der Waals surface area contributed by atoms with Gasteiger partial charge in [0.15, 0.2) is 0 Å². The molecule has 20 heavy (non-hydrogen) atoms. The lowest BCUT2D eigenvalue weighted by molar-refractivity contribution is -0.112. The van der Waals surface area contributed by atoms with E-state index in [-0.39, 0.29) is 5.75 Å². The summed E-state index contributed by atoms with van der Waals surface area (Å²) < 4.78 is 25.8. The molecule has 0 fully saturated rings. The maximum atomic E-state index is 12.4. The number of nitrogens with zero attached hydrogens (tertiary/aromatic N) is 1. The smallest absolute Gasteiger partial charge is 0.245 e. The van der Waals surface area contributed by atoms with E-state index in [0.717, 1.165) is 21.0 Å². The van der Waals surface area contributed by atoms with Crippen molar-refractivity contribution in [2.75, 3.05) is 10.1 Å². The van der Waals surface area contributed by atoms with E-state index in [0.29, 0.717) is 5.69 Å². The average molecular weight is 318 g/mol. The van der Waals surface area contributed by atoms with Crippen molar-refractivity contribution in [1.82, 2.24) is 0 Å². The molecule has 0 aromatic heterocycles. The highest BCUT2D eigenvalue weighted by Gasteiger charge is 2.32. The zero-order chi connectivity index (χ0) is 15.7. The number of anilines is 1. The van der Waals surface area contributed by atoms with Gasteiger partial charge in [-0.2, -0.15) is 0 Å². The first-order valence-electron chi connectivity index (χ1n) is 6.41. The van der Waals surface area contributed by atoms with Gasteiger partial charge >= 0.3 is 0 Å². The monoisotopic (exact) mass is 317 g/mol. The van der Waals surface area contributed by atoms with Gasteiger partial charge in [-0.15, -0.1) is 0 Å². The highest BCUT2D eigenvalue weighted by atomic mass is 35.5. The maximum absolute atomic E-state index is 12.4. The van der Waals surface area contributed by atoms with Gasteiger partial charge in [0.25, 0.3) is 0 Å². The molecule has 0 bridgehead atoms. The maximum Gasteiger partial charge on any atom is 0.245 e. The molecule has 1 atom stereocenters.